The fourth-order valence-electron chi connectivity index (χ4n) is 3.01. The number of aliphatic hydroxyl groups is 1. The van der Waals surface area contributed by atoms with Crippen LogP contribution in [0.3, 0.4) is 0 Å². The minimum atomic E-state index is -0.996. The van der Waals surface area contributed by atoms with Gasteiger partial charge in [0, 0.05) is 5.56 Å². The highest BCUT2D eigenvalue weighted by Crippen LogP contribution is 2.28. The monoisotopic (exact) mass is 353 g/mol. The molecular formula is C22H24ClNO. The van der Waals surface area contributed by atoms with Crippen molar-refractivity contribution in [2.45, 2.75) is 19.1 Å². The van der Waals surface area contributed by atoms with Gasteiger partial charge < -0.3 is 22.8 Å². The molecule has 0 heterocycles. The van der Waals surface area contributed by atoms with Gasteiger partial charge in [-0.2, -0.15) is 0 Å². The van der Waals surface area contributed by atoms with Crippen molar-refractivity contribution in [3.63, 3.8) is 0 Å². The van der Waals surface area contributed by atoms with Crippen LogP contribution in [0, 0.1) is 6.92 Å². The number of nitrogens with two attached hydrogens (primary N) is 1. The first-order chi connectivity index (χ1) is 11.7. The van der Waals surface area contributed by atoms with Gasteiger partial charge in [-0.25, -0.2) is 0 Å². The maximum atomic E-state index is 11.5. The largest absolute Gasteiger partial charge is 1.00 e. The van der Waals surface area contributed by atoms with Crippen LogP contribution in [0.2, 0.25) is 0 Å². The van der Waals surface area contributed by atoms with E-state index in [1.54, 1.807) is 0 Å². The Morgan fingerprint density at radius 2 is 1.28 bits per heavy atom. The quantitative estimate of drug-likeness (QED) is 0.643. The van der Waals surface area contributed by atoms with E-state index in [1.165, 1.54) is 11.1 Å². The molecule has 0 aliphatic rings. The van der Waals surface area contributed by atoms with Gasteiger partial charge in [0.2, 0.25) is 0 Å². The van der Waals surface area contributed by atoms with E-state index in [0.29, 0.717) is 6.54 Å². The van der Waals surface area contributed by atoms with Gasteiger partial charge in [0.25, 0.3) is 0 Å². The van der Waals surface area contributed by atoms with Crippen LogP contribution in [0.1, 0.15) is 22.3 Å². The van der Waals surface area contributed by atoms with Gasteiger partial charge in [-0.05, 0) is 18.1 Å². The number of quaternary nitrogens is 1. The summed E-state index contributed by atoms with van der Waals surface area (Å²) in [6, 6.07) is 28.4. The summed E-state index contributed by atoms with van der Waals surface area (Å²) < 4.78 is 0. The molecule has 0 aromatic heterocycles. The molecule has 0 aliphatic carbocycles. The van der Waals surface area contributed by atoms with Crippen LogP contribution < -0.4 is 17.7 Å². The molecule has 3 heteroatoms. The molecule has 0 aliphatic heterocycles. The minimum absolute atomic E-state index is 0. The summed E-state index contributed by atoms with van der Waals surface area (Å²) in [6.45, 7) is 3.49. The second kappa shape index (κ2) is 8.82. The number of benzene rings is 3. The van der Waals surface area contributed by atoms with Gasteiger partial charge >= 0.3 is 0 Å². The van der Waals surface area contributed by atoms with Crippen molar-refractivity contribution in [3.05, 3.63) is 107 Å². The molecule has 25 heavy (non-hydrogen) atoms. The molecule has 0 saturated heterocycles. The molecule has 3 aromatic carbocycles. The zero-order chi connectivity index (χ0) is 16.8. The smallest absolute Gasteiger partial charge is 0.163 e. The van der Waals surface area contributed by atoms with Crippen molar-refractivity contribution in [1.29, 1.82) is 0 Å². The average molecular weight is 354 g/mol. The van der Waals surface area contributed by atoms with Crippen LogP contribution in [0.15, 0.2) is 84.9 Å². The molecule has 3 rings (SSSR count). The third kappa shape index (κ3) is 4.70. The first-order valence-corrected chi connectivity index (χ1v) is 8.39. The normalized spacial score (nSPS) is 12.9. The van der Waals surface area contributed by atoms with Gasteiger partial charge in [0.15, 0.2) is 5.60 Å². The number of aryl methyl sites for hydroxylation is 1. The number of hydrogen-bond acceptors (Lipinski definition) is 1. The molecule has 1 atom stereocenters. The molecule has 3 aromatic rings. The summed E-state index contributed by atoms with van der Waals surface area (Å²) in [5.74, 6) is 0. The summed E-state index contributed by atoms with van der Waals surface area (Å²) in [5, 5.41) is 13.7. The highest BCUT2D eigenvalue weighted by Gasteiger charge is 2.33. The first kappa shape index (κ1) is 19.2. The molecule has 0 saturated carbocycles. The molecule has 0 spiro atoms. The van der Waals surface area contributed by atoms with Crippen LogP contribution >= 0.6 is 0 Å². The van der Waals surface area contributed by atoms with E-state index >= 15 is 0 Å². The van der Waals surface area contributed by atoms with Gasteiger partial charge in [-0.3, -0.25) is 0 Å². The Morgan fingerprint density at radius 3 is 1.88 bits per heavy atom. The van der Waals surface area contributed by atoms with E-state index < -0.39 is 5.60 Å². The van der Waals surface area contributed by atoms with Crippen LogP contribution in [0.4, 0.5) is 0 Å². The maximum Gasteiger partial charge on any atom is 0.163 e. The summed E-state index contributed by atoms with van der Waals surface area (Å²) in [5.41, 5.74) is 3.32. The lowest BCUT2D eigenvalue weighted by Crippen LogP contribution is -3.00. The third-order valence-electron chi connectivity index (χ3n) is 4.44. The zero-order valence-corrected chi connectivity index (χ0v) is 15.2. The second-order valence-corrected chi connectivity index (χ2v) is 6.27. The Morgan fingerprint density at radius 1 is 0.760 bits per heavy atom. The standard InChI is InChI=1S/C22H23NO.ClH/c1-18-12-14-21(15-13-18)22(24,20-10-6-3-7-11-20)17-23-16-19-8-4-2-5-9-19;/h2-15,23-24H,16-17H2,1H3;1H. The van der Waals surface area contributed by atoms with Crippen molar-refractivity contribution in [2.75, 3.05) is 6.54 Å². The molecular weight excluding hydrogens is 330 g/mol. The van der Waals surface area contributed by atoms with Crippen molar-refractivity contribution in [3.8, 4) is 0 Å². The van der Waals surface area contributed by atoms with Crippen LogP contribution in [-0.2, 0) is 12.1 Å². The summed E-state index contributed by atoms with van der Waals surface area (Å²) in [7, 11) is 0. The van der Waals surface area contributed by atoms with Crippen LogP contribution in [0.5, 0.6) is 0 Å². The maximum absolute atomic E-state index is 11.5. The highest BCUT2D eigenvalue weighted by atomic mass is 35.5. The van der Waals surface area contributed by atoms with Crippen molar-refractivity contribution >= 4 is 0 Å². The van der Waals surface area contributed by atoms with Gasteiger partial charge in [-0.15, -0.1) is 0 Å². The molecule has 0 bridgehead atoms. The zero-order valence-electron chi connectivity index (χ0n) is 14.4. The van der Waals surface area contributed by atoms with Gasteiger partial charge in [0.05, 0.1) is 0 Å². The Labute approximate surface area is 156 Å². The van der Waals surface area contributed by atoms with Crippen molar-refractivity contribution in [2.24, 2.45) is 0 Å². The van der Waals surface area contributed by atoms with Crippen molar-refractivity contribution in [1.82, 2.24) is 0 Å². The Bertz CT molecular complexity index is 759. The average Bonchev–Trinajstić information content (AvgIpc) is 2.64. The Hall–Kier alpha value is -2.13. The van der Waals surface area contributed by atoms with E-state index in [2.05, 4.69) is 36.5 Å². The number of hydrogen-bond donors (Lipinski definition) is 2. The van der Waals surface area contributed by atoms with Gasteiger partial charge in [0.1, 0.15) is 13.1 Å². The predicted octanol–water partition coefficient (Wildman–Crippen LogP) is -0.00148. The lowest BCUT2D eigenvalue weighted by Gasteiger charge is -2.28. The van der Waals surface area contributed by atoms with E-state index in [-0.39, 0.29) is 12.4 Å². The third-order valence-corrected chi connectivity index (χ3v) is 4.44. The summed E-state index contributed by atoms with van der Waals surface area (Å²) in [4.78, 5) is 0. The molecule has 0 radical (unpaired) electrons. The molecule has 1 unspecified atom stereocenters. The first-order valence-electron chi connectivity index (χ1n) is 8.39. The topological polar surface area (TPSA) is 36.8 Å². The molecule has 130 valence electrons. The minimum Gasteiger partial charge on any atom is -1.00 e. The fraction of sp³-hybridized carbons (Fsp3) is 0.182. The lowest BCUT2D eigenvalue weighted by atomic mass is 9.86. The number of rotatable bonds is 6. The van der Waals surface area contributed by atoms with E-state index in [9.17, 15) is 5.11 Å². The highest BCUT2D eigenvalue weighted by molar-refractivity contribution is 5.37. The summed E-state index contributed by atoms with van der Waals surface area (Å²) >= 11 is 0. The van der Waals surface area contributed by atoms with Crippen LogP contribution in [-0.4, -0.2) is 11.7 Å². The fourth-order valence-corrected chi connectivity index (χ4v) is 3.01. The van der Waals surface area contributed by atoms with E-state index in [4.69, 9.17) is 0 Å². The van der Waals surface area contributed by atoms with Crippen LogP contribution in [0.25, 0.3) is 0 Å². The molecule has 2 nitrogen and oxygen atoms in total. The molecule has 0 fully saturated rings. The lowest BCUT2D eigenvalue weighted by molar-refractivity contribution is -0.682. The summed E-state index contributed by atoms with van der Waals surface area (Å²) in [6.07, 6.45) is 0. The Balaban J connectivity index is 0.00000225. The van der Waals surface area contributed by atoms with Crippen molar-refractivity contribution < 1.29 is 22.8 Å². The van der Waals surface area contributed by atoms with E-state index in [1.807, 2.05) is 60.7 Å². The predicted molar refractivity (Wildman–Crippen MR) is 97.6 cm³/mol. The second-order valence-electron chi connectivity index (χ2n) is 6.27. The molecule has 3 N–H and O–H groups in total. The van der Waals surface area contributed by atoms with E-state index in [0.717, 1.165) is 17.7 Å². The SMILES string of the molecule is Cc1ccc(C(O)(C[NH2+]Cc2ccccc2)c2ccccc2)cc1.[Cl-]. The van der Waals surface area contributed by atoms with Gasteiger partial charge in [-0.1, -0.05) is 90.5 Å². The number of halogens is 1. The Kier molecular flexibility index (Phi) is 6.77. The molecule has 0 amide bonds.